The minimum Gasteiger partial charge on any atom is -0.496 e. The number of aliphatic imine (C=N–C) groups is 1. The molecular formula is C25H30N4O5. The van der Waals surface area contributed by atoms with Crippen LogP contribution >= 0.6 is 0 Å². The number of carbonyl (C=O) groups is 2. The van der Waals surface area contributed by atoms with Crippen LogP contribution in [-0.4, -0.2) is 69.7 Å². The Morgan fingerprint density at radius 3 is 2.26 bits per heavy atom. The van der Waals surface area contributed by atoms with Gasteiger partial charge in [0, 0.05) is 31.7 Å². The van der Waals surface area contributed by atoms with Crippen molar-refractivity contribution in [2.45, 2.75) is 13.0 Å². The molecule has 2 atom stereocenters. The smallest absolute Gasteiger partial charge is 0.321 e. The first-order valence-corrected chi connectivity index (χ1v) is 11.4. The Morgan fingerprint density at radius 1 is 0.971 bits per heavy atom. The number of hydrogen-bond donors (Lipinski definition) is 1. The number of carbonyl (C=O) groups excluding carboxylic acids is 2. The molecule has 1 saturated heterocycles. The van der Waals surface area contributed by atoms with Crippen molar-refractivity contribution in [3.63, 3.8) is 0 Å². The highest BCUT2D eigenvalue weighted by atomic mass is 16.5. The van der Waals surface area contributed by atoms with Crippen LogP contribution in [0.1, 0.15) is 18.5 Å². The minimum atomic E-state index is -1.09. The number of nitrogens with zero attached hydrogens (tertiary/aromatic N) is 3. The SMILES string of the molecule is CCOC(=O)C1C(=O)NC(N2CCN(c3ccccc3OC)CC2)=NC1c1ccccc1OC. The summed E-state index contributed by atoms with van der Waals surface area (Å²) in [6.07, 6.45) is 0. The van der Waals surface area contributed by atoms with Crippen LogP contribution in [0.2, 0.25) is 0 Å². The van der Waals surface area contributed by atoms with E-state index in [1.807, 2.05) is 47.4 Å². The lowest BCUT2D eigenvalue weighted by molar-refractivity contribution is -0.153. The van der Waals surface area contributed by atoms with Crippen LogP contribution in [0.4, 0.5) is 5.69 Å². The zero-order valence-corrected chi connectivity index (χ0v) is 19.7. The van der Waals surface area contributed by atoms with Crippen molar-refractivity contribution in [3.8, 4) is 11.5 Å². The average molecular weight is 467 g/mol. The first-order chi connectivity index (χ1) is 16.6. The summed E-state index contributed by atoms with van der Waals surface area (Å²) < 4.78 is 16.2. The number of para-hydroxylation sites is 3. The molecule has 2 aliphatic rings. The number of anilines is 1. The molecule has 2 unspecified atom stereocenters. The molecule has 0 spiro atoms. The number of nitrogens with one attached hydrogen (secondary N) is 1. The highest BCUT2D eigenvalue weighted by molar-refractivity contribution is 6.08. The summed E-state index contributed by atoms with van der Waals surface area (Å²) in [7, 11) is 3.22. The molecule has 0 aromatic heterocycles. The molecule has 1 N–H and O–H groups in total. The molecule has 2 aliphatic heterocycles. The quantitative estimate of drug-likeness (QED) is 0.516. The summed E-state index contributed by atoms with van der Waals surface area (Å²) in [5.74, 6) is -0.254. The highest BCUT2D eigenvalue weighted by Gasteiger charge is 2.43. The molecule has 0 aliphatic carbocycles. The van der Waals surface area contributed by atoms with E-state index in [9.17, 15) is 9.59 Å². The third-order valence-electron chi connectivity index (χ3n) is 6.10. The minimum absolute atomic E-state index is 0.183. The normalized spacial score (nSPS) is 20.3. The molecule has 9 heteroatoms. The van der Waals surface area contributed by atoms with Crippen molar-refractivity contribution < 1.29 is 23.8 Å². The number of rotatable bonds is 6. The van der Waals surface area contributed by atoms with E-state index in [1.165, 1.54) is 0 Å². The fourth-order valence-corrected chi connectivity index (χ4v) is 4.41. The largest absolute Gasteiger partial charge is 0.496 e. The van der Waals surface area contributed by atoms with Gasteiger partial charge in [0.25, 0.3) is 0 Å². The molecule has 4 rings (SSSR count). The monoisotopic (exact) mass is 466 g/mol. The predicted molar refractivity (Wildman–Crippen MR) is 128 cm³/mol. The molecule has 34 heavy (non-hydrogen) atoms. The number of benzene rings is 2. The lowest BCUT2D eigenvalue weighted by Crippen LogP contribution is -2.57. The first-order valence-electron chi connectivity index (χ1n) is 11.4. The molecule has 2 aromatic carbocycles. The van der Waals surface area contributed by atoms with Crippen molar-refractivity contribution in [1.82, 2.24) is 10.2 Å². The Labute approximate surface area is 199 Å². The van der Waals surface area contributed by atoms with Gasteiger partial charge in [-0.15, -0.1) is 0 Å². The molecule has 1 amide bonds. The second-order valence-electron chi connectivity index (χ2n) is 8.00. The lowest BCUT2D eigenvalue weighted by Gasteiger charge is -2.40. The number of piperazine rings is 1. The van der Waals surface area contributed by atoms with E-state index in [1.54, 1.807) is 27.2 Å². The Bertz CT molecular complexity index is 1060. The third kappa shape index (κ3) is 4.64. The predicted octanol–water partition coefficient (Wildman–Crippen LogP) is 2.23. The van der Waals surface area contributed by atoms with E-state index >= 15 is 0 Å². The molecular weight excluding hydrogens is 436 g/mol. The van der Waals surface area contributed by atoms with Crippen molar-refractivity contribution in [2.75, 3.05) is 51.9 Å². The number of amides is 1. The van der Waals surface area contributed by atoms with E-state index < -0.39 is 23.8 Å². The van der Waals surface area contributed by atoms with Gasteiger partial charge in [-0.1, -0.05) is 30.3 Å². The summed E-state index contributed by atoms with van der Waals surface area (Å²) in [5, 5.41) is 2.84. The molecule has 9 nitrogen and oxygen atoms in total. The number of esters is 1. The second kappa shape index (κ2) is 10.5. The van der Waals surface area contributed by atoms with Crippen molar-refractivity contribution in [2.24, 2.45) is 10.9 Å². The molecule has 1 fully saturated rings. The lowest BCUT2D eigenvalue weighted by atomic mass is 9.90. The van der Waals surface area contributed by atoms with Crippen LogP contribution in [0.15, 0.2) is 53.5 Å². The standard InChI is InChI=1S/C25H30N4O5/c1-4-34-24(31)21-22(17-9-5-7-11-19(17)32-2)26-25(27-23(21)30)29-15-13-28(14-16-29)18-10-6-8-12-20(18)33-3/h5-12,21-22H,4,13-16H2,1-3H3,(H,26,27,30). The number of ether oxygens (including phenoxy) is 3. The summed E-state index contributed by atoms with van der Waals surface area (Å²) in [6, 6.07) is 14.5. The van der Waals surface area contributed by atoms with E-state index in [4.69, 9.17) is 19.2 Å². The van der Waals surface area contributed by atoms with E-state index in [-0.39, 0.29) is 6.61 Å². The molecule has 0 saturated carbocycles. The summed E-state index contributed by atoms with van der Waals surface area (Å²) in [6.45, 7) is 4.67. The molecule has 180 valence electrons. The van der Waals surface area contributed by atoms with Crippen LogP contribution in [0.5, 0.6) is 11.5 Å². The average Bonchev–Trinajstić information content (AvgIpc) is 2.88. The third-order valence-corrected chi connectivity index (χ3v) is 6.10. The van der Waals surface area contributed by atoms with Crippen molar-refractivity contribution in [3.05, 3.63) is 54.1 Å². The maximum Gasteiger partial charge on any atom is 0.321 e. The maximum atomic E-state index is 13.1. The highest BCUT2D eigenvalue weighted by Crippen LogP contribution is 2.36. The van der Waals surface area contributed by atoms with Gasteiger partial charge in [-0.25, -0.2) is 4.99 Å². The van der Waals surface area contributed by atoms with Gasteiger partial charge in [-0.2, -0.15) is 0 Å². The Kier molecular flexibility index (Phi) is 7.20. The summed E-state index contributed by atoms with van der Waals surface area (Å²) in [4.78, 5) is 35.0. The second-order valence-corrected chi connectivity index (χ2v) is 8.00. The summed E-state index contributed by atoms with van der Waals surface area (Å²) >= 11 is 0. The fraction of sp³-hybridized carbons (Fsp3) is 0.400. The van der Waals surface area contributed by atoms with Crippen LogP contribution in [0.3, 0.4) is 0 Å². The van der Waals surface area contributed by atoms with Gasteiger partial charge in [-0.05, 0) is 25.1 Å². The summed E-state index contributed by atoms with van der Waals surface area (Å²) in [5.41, 5.74) is 1.71. The van der Waals surface area contributed by atoms with Crippen LogP contribution < -0.4 is 19.7 Å². The van der Waals surface area contributed by atoms with Crippen molar-refractivity contribution in [1.29, 1.82) is 0 Å². The number of methoxy groups -OCH3 is 2. The fourth-order valence-electron chi connectivity index (χ4n) is 4.41. The van der Waals surface area contributed by atoms with Gasteiger partial charge in [-0.3, -0.25) is 14.9 Å². The van der Waals surface area contributed by atoms with Gasteiger partial charge in [0.05, 0.1) is 26.5 Å². The topological polar surface area (TPSA) is 92.7 Å². The van der Waals surface area contributed by atoms with Crippen molar-refractivity contribution >= 4 is 23.5 Å². The van der Waals surface area contributed by atoms with Gasteiger partial charge < -0.3 is 24.0 Å². The Morgan fingerprint density at radius 2 is 1.59 bits per heavy atom. The Balaban J connectivity index is 1.59. The van der Waals surface area contributed by atoms with Gasteiger partial charge in [0.2, 0.25) is 11.9 Å². The van der Waals surface area contributed by atoms with Crippen LogP contribution in [-0.2, 0) is 14.3 Å². The molecule has 0 bridgehead atoms. The Hall–Kier alpha value is -3.75. The van der Waals surface area contributed by atoms with E-state index in [0.29, 0.717) is 30.4 Å². The number of guanidine groups is 1. The first kappa shape index (κ1) is 23.4. The zero-order valence-electron chi connectivity index (χ0n) is 19.7. The van der Waals surface area contributed by atoms with Crippen LogP contribution in [0.25, 0.3) is 0 Å². The van der Waals surface area contributed by atoms with Crippen LogP contribution in [0, 0.1) is 5.92 Å². The van der Waals surface area contributed by atoms with Gasteiger partial charge in [0.15, 0.2) is 5.92 Å². The maximum absolute atomic E-state index is 13.1. The zero-order chi connectivity index (χ0) is 24.1. The molecule has 2 heterocycles. The van der Waals surface area contributed by atoms with E-state index in [0.717, 1.165) is 24.5 Å². The molecule has 0 radical (unpaired) electrons. The molecule has 2 aromatic rings. The van der Waals surface area contributed by atoms with Gasteiger partial charge in [0.1, 0.15) is 17.5 Å². The van der Waals surface area contributed by atoms with Gasteiger partial charge >= 0.3 is 5.97 Å². The number of hydrogen-bond acceptors (Lipinski definition) is 8. The van der Waals surface area contributed by atoms with E-state index in [2.05, 4.69) is 10.2 Å².